The highest BCUT2D eigenvalue weighted by Crippen LogP contribution is 2.43. The van der Waals surface area contributed by atoms with Gasteiger partial charge in [-0.25, -0.2) is 0 Å². The molecular formula is C50H78N2O13. The molecule has 15 heteroatoms. The van der Waals surface area contributed by atoms with Crippen molar-refractivity contribution < 1.29 is 63.6 Å². The van der Waals surface area contributed by atoms with E-state index in [1.54, 1.807) is 34.6 Å². The Hall–Kier alpha value is -3.06. The molecular weight excluding hydrogens is 837 g/mol. The molecule has 3 aliphatic rings. The smallest absolute Gasteiger partial charge is 0.311 e. The zero-order valence-electron chi connectivity index (χ0n) is 40.8. The normalized spacial score (nSPS) is 42.1. The molecule has 2 aromatic carbocycles. The minimum absolute atomic E-state index is 0.1000. The van der Waals surface area contributed by atoms with Crippen molar-refractivity contribution in [1.29, 1.82) is 0 Å². The number of carbonyl (C=O) groups excluding carboxylic acids is 1. The maximum absolute atomic E-state index is 14.6. The number of aliphatic hydroxyl groups is 4. The van der Waals surface area contributed by atoms with E-state index in [0.29, 0.717) is 6.42 Å². The zero-order valence-corrected chi connectivity index (χ0v) is 40.8. The molecule has 3 fully saturated rings. The highest BCUT2D eigenvalue weighted by Gasteiger charge is 2.54. The Morgan fingerprint density at radius 1 is 0.831 bits per heavy atom. The minimum Gasteiger partial charge on any atom is -0.459 e. The molecule has 366 valence electrons. The average molecular weight is 915 g/mol. The quantitative estimate of drug-likeness (QED) is 0.101. The summed E-state index contributed by atoms with van der Waals surface area (Å²) >= 11 is 0. The van der Waals surface area contributed by atoms with Crippen LogP contribution in [0.1, 0.15) is 100 Å². The molecule has 18 atom stereocenters. The van der Waals surface area contributed by atoms with E-state index < -0.39 is 102 Å². The third kappa shape index (κ3) is 11.8. The highest BCUT2D eigenvalue weighted by atomic mass is 16.7. The van der Waals surface area contributed by atoms with E-state index in [9.17, 15) is 30.4 Å². The van der Waals surface area contributed by atoms with Crippen molar-refractivity contribution in [3.05, 3.63) is 60.2 Å². The first-order valence-corrected chi connectivity index (χ1v) is 23.3. The van der Waals surface area contributed by atoms with Crippen molar-refractivity contribution in [1.82, 2.24) is 4.90 Å². The summed E-state index contributed by atoms with van der Waals surface area (Å²) in [7, 11) is 5.30. The van der Waals surface area contributed by atoms with Crippen LogP contribution in [0.15, 0.2) is 59.8 Å². The Kier molecular flexibility index (Phi) is 17.8. The predicted octanol–water partition coefficient (Wildman–Crippen LogP) is 5.94. The van der Waals surface area contributed by atoms with Crippen LogP contribution in [0.25, 0.3) is 11.1 Å². The fraction of sp³-hybridized carbons (Fsp3) is 0.720. The molecule has 0 aliphatic carbocycles. The Labute approximate surface area is 386 Å². The van der Waals surface area contributed by atoms with Gasteiger partial charge in [0.05, 0.1) is 60.0 Å². The summed E-state index contributed by atoms with van der Waals surface area (Å²) in [6.07, 6.45) is -9.10. The first kappa shape index (κ1) is 52.9. The molecule has 15 nitrogen and oxygen atoms in total. The van der Waals surface area contributed by atoms with Crippen LogP contribution < -0.4 is 0 Å². The van der Waals surface area contributed by atoms with Crippen LogP contribution in [0.3, 0.4) is 0 Å². The van der Waals surface area contributed by atoms with Gasteiger partial charge in [-0.1, -0.05) is 87.4 Å². The molecule has 0 aromatic heterocycles. The third-order valence-corrected chi connectivity index (χ3v) is 14.6. The van der Waals surface area contributed by atoms with Crippen LogP contribution in [0.2, 0.25) is 0 Å². The minimum atomic E-state index is -1.98. The van der Waals surface area contributed by atoms with E-state index >= 15 is 0 Å². The van der Waals surface area contributed by atoms with Crippen molar-refractivity contribution in [3.8, 4) is 11.1 Å². The Morgan fingerprint density at radius 2 is 1.46 bits per heavy atom. The molecule has 5 rings (SSSR count). The lowest BCUT2D eigenvalue weighted by Crippen LogP contribution is -2.61. The van der Waals surface area contributed by atoms with E-state index in [1.165, 1.54) is 14.0 Å². The third-order valence-electron chi connectivity index (χ3n) is 14.6. The summed E-state index contributed by atoms with van der Waals surface area (Å²) in [4.78, 5) is 16.5. The maximum Gasteiger partial charge on any atom is 0.311 e. The summed E-state index contributed by atoms with van der Waals surface area (Å²) in [6, 6.07) is 17.8. The van der Waals surface area contributed by atoms with Crippen molar-refractivity contribution in [2.75, 3.05) is 21.2 Å². The fourth-order valence-electron chi connectivity index (χ4n) is 10.4. The Bertz CT molecular complexity index is 1850. The number of ether oxygens (including phenoxy) is 7. The summed E-state index contributed by atoms with van der Waals surface area (Å²) < 4.78 is 45.9. The number of hydrogen-bond donors (Lipinski definition) is 5. The number of cyclic esters (lactones) is 1. The van der Waals surface area contributed by atoms with E-state index in [1.807, 2.05) is 101 Å². The summed E-state index contributed by atoms with van der Waals surface area (Å²) in [6.45, 7) is 17.6. The second-order valence-corrected chi connectivity index (χ2v) is 19.9. The molecule has 0 radical (unpaired) electrons. The number of esters is 1. The number of benzene rings is 2. The summed E-state index contributed by atoms with van der Waals surface area (Å²) in [5.41, 5.74) is -1.25. The molecule has 2 aromatic rings. The lowest BCUT2D eigenvalue weighted by atomic mass is 9.73. The molecule has 0 spiro atoms. The number of hydrogen-bond acceptors (Lipinski definition) is 15. The standard InChI is InChI=1S/C50H78N2O13/c1-14-38-50(10,57)43(54)30(4)40(51-58)28(2)25-49(9,60-27-34-20-22-36(23-21-34)35-18-16-15-17-19-35)45(65-47-41(53)37(52(11)12)24-29(3)61-47)31(5)42(32(6)46(56)63-38)64-39-26-48(8,59-13)44(55)33(7)62-39/h15-23,28-33,37-39,41-45,47,53-55,57-58H,14,24-27H2,1-13H3/b51-40+/t28-,29-,30-,31+,32-,33+,37+,38+,39+,41-,42-,43-,44+,45-,47+,48-,49+,50-/m1/s1. The van der Waals surface area contributed by atoms with Crippen molar-refractivity contribution in [2.24, 2.45) is 28.8 Å². The van der Waals surface area contributed by atoms with Crippen LogP contribution in [-0.4, -0.2) is 148 Å². The SMILES string of the molecule is CC[C@@H]1OC(=O)[C@H](C)[C@H](O[C@H]2C[C@@](C)(OC)[C@@H](O)[C@H](C)O2)[C@H](C)[C@@H](O[C@@H]2O[C@H](C)C[C@H](N(C)C)[C@H]2O)[C@@](C)(OCc2ccc(-c3ccccc3)cc2)C[C@@H](C)/C(=N\O)[C@@H](C)[C@@H](O)[C@]1(C)O. The van der Waals surface area contributed by atoms with Crippen molar-refractivity contribution >= 4 is 11.7 Å². The van der Waals surface area contributed by atoms with E-state index in [4.69, 9.17) is 33.2 Å². The van der Waals surface area contributed by atoms with Gasteiger partial charge in [0, 0.05) is 37.3 Å². The zero-order chi connectivity index (χ0) is 48.2. The molecule has 0 bridgehead atoms. The largest absolute Gasteiger partial charge is 0.459 e. The van der Waals surface area contributed by atoms with Crippen LogP contribution in [0.4, 0.5) is 0 Å². The molecule has 5 N–H and O–H groups in total. The van der Waals surface area contributed by atoms with Gasteiger partial charge in [-0.15, -0.1) is 0 Å². The number of aliphatic hydroxyl groups excluding tert-OH is 3. The van der Waals surface area contributed by atoms with Crippen LogP contribution in [0.5, 0.6) is 0 Å². The van der Waals surface area contributed by atoms with Crippen LogP contribution in [0, 0.1) is 23.7 Å². The Morgan fingerprint density at radius 3 is 2.05 bits per heavy atom. The molecule has 3 heterocycles. The van der Waals surface area contributed by atoms with Crippen molar-refractivity contribution in [2.45, 2.75) is 186 Å². The second kappa shape index (κ2) is 21.9. The van der Waals surface area contributed by atoms with Gasteiger partial charge in [0.15, 0.2) is 12.6 Å². The first-order chi connectivity index (χ1) is 30.5. The van der Waals surface area contributed by atoms with Gasteiger partial charge >= 0.3 is 5.97 Å². The second-order valence-electron chi connectivity index (χ2n) is 19.9. The van der Waals surface area contributed by atoms with Gasteiger partial charge in [0.2, 0.25) is 0 Å². The van der Waals surface area contributed by atoms with Gasteiger partial charge in [-0.2, -0.15) is 0 Å². The number of nitrogens with zero attached hydrogens (tertiary/aromatic N) is 2. The van der Waals surface area contributed by atoms with Crippen LogP contribution >= 0.6 is 0 Å². The fourth-order valence-corrected chi connectivity index (χ4v) is 10.4. The van der Waals surface area contributed by atoms with Gasteiger partial charge in [-0.3, -0.25) is 4.79 Å². The number of oxime groups is 1. The summed E-state index contributed by atoms with van der Waals surface area (Å²) in [5, 5.41) is 61.4. The van der Waals surface area contributed by atoms with Gasteiger partial charge in [0.25, 0.3) is 0 Å². The number of rotatable bonds is 11. The lowest BCUT2D eigenvalue weighted by molar-refractivity contribution is -0.321. The number of carbonyl (C=O) groups is 1. The van der Waals surface area contributed by atoms with Crippen molar-refractivity contribution in [3.63, 3.8) is 0 Å². The maximum atomic E-state index is 14.6. The Balaban J connectivity index is 1.69. The van der Waals surface area contributed by atoms with Gasteiger partial charge in [-0.05, 0) is 91.6 Å². The molecule has 65 heavy (non-hydrogen) atoms. The van der Waals surface area contributed by atoms with Crippen LogP contribution in [-0.2, 0) is 44.6 Å². The highest BCUT2D eigenvalue weighted by molar-refractivity contribution is 5.88. The molecule has 0 saturated carbocycles. The van der Waals surface area contributed by atoms with E-state index in [0.717, 1.165) is 16.7 Å². The lowest BCUT2D eigenvalue weighted by Gasteiger charge is -2.50. The molecule has 3 aliphatic heterocycles. The number of methoxy groups -OCH3 is 1. The predicted molar refractivity (Wildman–Crippen MR) is 245 cm³/mol. The monoisotopic (exact) mass is 915 g/mol. The van der Waals surface area contributed by atoms with E-state index in [-0.39, 0.29) is 43.7 Å². The molecule has 3 saturated heterocycles. The number of likely N-dealkylation sites (N-methyl/N-ethyl adjacent to an activating group) is 1. The van der Waals surface area contributed by atoms with Gasteiger partial charge in [0.1, 0.15) is 23.9 Å². The average Bonchev–Trinajstić information content (AvgIpc) is 3.27. The first-order valence-electron chi connectivity index (χ1n) is 23.3. The topological polar surface area (TPSA) is 198 Å². The molecule has 0 amide bonds. The van der Waals surface area contributed by atoms with E-state index in [2.05, 4.69) is 5.16 Å². The summed E-state index contributed by atoms with van der Waals surface area (Å²) in [5.74, 6) is -4.07. The van der Waals surface area contributed by atoms with Gasteiger partial charge < -0.3 is 63.7 Å². The molecule has 0 unspecified atom stereocenters.